The SMILES string of the molecule is C[Si](C)(C)c1ccc(N(c2ccc([Si](C)(C)C)cc2)c2ccc3ccc4c(B(c5ccccc5)c5ccc(F)cc5)ccc5ccc2c3c54)cc1. The Bertz CT molecular complexity index is 2420. The zero-order valence-electron chi connectivity index (χ0n) is 30.3. The van der Waals surface area contributed by atoms with Crippen LogP contribution in [0.25, 0.3) is 32.3 Å². The highest BCUT2D eigenvalue weighted by molar-refractivity contribution is 6.97. The average molecular weight is 696 g/mol. The van der Waals surface area contributed by atoms with Gasteiger partial charge in [-0.05, 0) is 69.4 Å². The van der Waals surface area contributed by atoms with E-state index in [0.717, 1.165) is 16.8 Å². The molecule has 0 heterocycles. The summed E-state index contributed by atoms with van der Waals surface area (Å²) in [4.78, 5) is 2.44. The first-order chi connectivity index (χ1) is 24.5. The molecule has 0 aliphatic heterocycles. The lowest BCUT2D eigenvalue weighted by Gasteiger charge is -2.29. The molecule has 0 saturated heterocycles. The van der Waals surface area contributed by atoms with Crippen LogP contribution in [-0.4, -0.2) is 22.9 Å². The Labute approximate surface area is 303 Å². The molecule has 51 heavy (non-hydrogen) atoms. The summed E-state index contributed by atoms with van der Waals surface area (Å²) in [6, 6.07) is 54.5. The molecule has 8 aromatic rings. The Morgan fingerprint density at radius 1 is 0.451 bits per heavy atom. The van der Waals surface area contributed by atoms with Gasteiger partial charge in [0.25, 0.3) is 0 Å². The summed E-state index contributed by atoms with van der Waals surface area (Å²) < 4.78 is 14.2. The smallest absolute Gasteiger partial charge is 0.241 e. The fraction of sp³-hybridized carbons (Fsp3) is 0.130. The second-order valence-corrected chi connectivity index (χ2v) is 26.1. The molecule has 0 bridgehead atoms. The van der Waals surface area contributed by atoms with E-state index in [4.69, 9.17) is 0 Å². The predicted molar refractivity (Wildman–Crippen MR) is 228 cm³/mol. The largest absolute Gasteiger partial charge is 0.310 e. The number of hydrogen-bond acceptors (Lipinski definition) is 1. The highest BCUT2D eigenvalue weighted by Crippen LogP contribution is 2.43. The topological polar surface area (TPSA) is 3.24 Å². The van der Waals surface area contributed by atoms with Crippen LogP contribution in [0.5, 0.6) is 0 Å². The number of halogens is 1. The number of benzene rings is 8. The standard InChI is InChI=1S/C46H43BFNSi2/c1-50(2,3)39-24-20-37(21-25-39)49(38-22-26-40(27-23-38)51(4,5)6)44-31-15-33-12-28-41-43(30-14-32-13-29-42(44)46(33)45(32)41)47(34-10-8-7-9-11-34)35-16-18-36(48)19-17-35/h7-31H,1-6H3. The van der Waals surface area contributed by atoms with E-state index in [-0.39, 0.29) is 12.5 Å². The van der Waals surface area contributed by atoms with Gasteiger partial charge < -0.3 is 4.90 Å². The van der Waals surface area contributed by atoms with Crippen molar-refractivity contribution in [3.63, 3.8) is 0 Å². The second-order valence-electron chi connectivity index (χ2n) is 16.0. The van der Waals surface area contributed by atoms with E-state index >= 15 is 0 Å². The molecule has 0 N–H and O–H groups in total. The maximum Gasteiger partial charge on any atom is 0.241 e. The first-order valence-electron chi connectivity index (χ1n) is 18.0. The molecule has 8 aromatic carbocycles. The van der Waals surface area contributed by atoms with Crippen LogP contribution < -0.4 is 31.7 Å². The van der Waals surface area contributed by atoms with E-state index in [2.05, 4.69) is 172 Å². The van der Waals surface area contributed by atoms with Crippen molar-refractivity contribution in [1.29, 1.82) is 0 Å². The normalized spacial score (nSPS) is 12.2. The van der Waals surface area contributed by atoms with E-state index in [1.165, 1.54) is 59.3 Å². The van der Waals surface area contributed by atoms with Crippen molar-refractivity contribution in [2.45, 2.75) is 39.3 Å². The van der Waals surface area contributed by atoms with Gasteiger partial charge in [0.2, 0.25) is 6.71 Å². The molecule has 0 spiro atoms. The average Bonchev–Trinajstić information content (AvgIpc) is 3.13. The number of hydrogen-bond donors (Lipinski definition) is 0. The summed E-state index contributed by atoms with van der Waals surface area (Å²) in [7, 11) is -2.93. The first kappa shape index (κ1) is 33.2. The lowest BCUT2D eigenvalue weighted by atomic mass is 9.36. The van der Waals surface area contributed by atoms with Gasteiger partial charge in [-0.2, -0.15) is 0 Å². The maximum absolute atomic E-state index is 14.2. The summed E-state index contributed by atoms with van der Waals surface area (Å²) >= 11 is 0. The van der Waals surface area contributed by atoms with Gasteiger partial charge in [0.05, 0.1) is 21.8 Å². The minimum absolute atomic E-state index is 0.0397. The highest BCUT2D eigenvalue weighted by Gasteiger charge is 2.26. The van der Waals surface area contributed by atoms with E-state index in [9.17, 15) is 4.39 Å². The van der Waals surface area contributed by atoms with Gasteiger partial charge in [-0.3, -0.25) is 0 Å². The molecule has 0 radical (unpaired) electrons. The van der Waals surface area contributed by atoms with Crippen LogP contribution in [0, 0.1) is 5.82 Å². The quantitative estimate of drug-likeness (QED) is 0.113. The lowest BCUT2D eigenvalue weighted by Crippen LogP contribution is -2.52. The van der Waals surface area contributed by atoms with Crippen molar-refractivity contribution in [1.82, 2.24) is 0 Å². The minimum atomic E-state index is -1.47. The molecule has 0 amide bonds. The van der Waals surface area contributed by atoms with E-state index in [0.29, 0.717) is 0 Å². The van der Waals surface area contributed by atoms with Gasteiger partial charge >= 0.3 is 0 Å². The summed E-state index contributed by atoms with van der Waals surface area (Å²) in [5.74, 6) is -0.219. The third-order valence-electron chi connectivity index (χ3n) is 10.5. The van der Waals surface area contributed by atoms with Crippen LogP contribution in [0.1, 0.15) is 0 Å². The molecular weight excluding hydrogens is 652 g/mol. The van der Waals surface area contributed by atoms with Crippen LogP contribution >= 0.6 is 0 Å². The highest BCUT2D eigenvalue weighted by atomic mass is 28.3. The van der Waals surface area contributed by atoms with E-state index in [1.807, 2.05) is 12.1 Å². The zero-order valence-corrected chi connectivity index (χ0v) is 32.3. The van der Waals surface area contributed by atoms with Gasteiger partial charge in [-0.1, -0.05) is 175 Å². The van der Waals surface area contributed by atoms with Gasteiger partial charge in [0, 0.05) is 16.8 Å². The summed E-state index contributed by atoms with van der Waals surface area (Å²) in [5.41, 5.74) is 6.98. The molecule has 0 aromatic heterocycles. The fourth-order valence-corrected chi connectivity index (χ4v) is 10.1. The summed E-state index contributed by atoms with van der Waals surface area (Å²) in [5, 5.41) is 10.4. The predicted octanol–water partition coefficient (Wildman–Crippen LogP) is 9.80. The lowest BCUT2D eigenvalue weighted by molar-refractivity contribution is 0.628. The van der Waals surface area contributed by atoms with Gasteiger partial charge in [0.1, 0.15) is 5.82 Å². The fourth-order valence-electron chi connectivity index (χ4n) is 7.76. The molecule has 1 nitrogen and oxygen atoms in total. The Hall–Kier alpha value is -4.97. The Balaban J connectivity index is 1.37. The Morgan fingerprint density at radius 2 is 0.922 bits per heavy atom. The van der Waals surface area contributed by atoms with Crippen molar-refractivity contribution < 1.29 is 4.39 Å². The Kier molecular flexibility index (Phi) is 8.24. The molecule has 0 unspecified atom stereocenters. The van der Waals surface area contributed by atoms with E-state index < -0.39 is 16.1 Å². The molecule has 8 rings (SSSR count). The third kappa shape index (κ3) is 6.09. The molecule has 0 atom stereocenters. The number of nitrogens with zero attached hydrogens (tertiary/aromatic N) is 1. The van der Waals surface area contributed by atoms with Crippen molar-refractivity contribution in [2.24, 2.45) is 0 Å². The monoisotopic (exact) mass is 695 g/mol. The van der Waals surface area contributed by atoms with Crippen molar-refractivity contribution >= 4 is 99.0 Å². The molecular formula is C46H43BFNSi2. The van der Waals surface area contributed by atoms with Crippen LogP contribution in [0.2, 0.25) is 39.3 Å². The molecule has 0 fully saturated rings. The third-order valence-corrected chi connectivity index (χ3v) is 14.7. The maximum atomic E-state index is 14.2. The van der Waals surface area contributed by atoms with Crippen molar-refractivity contribution in [3.8, 4) is 0 Å². The minimum Gasteiger partial charge on any atom is -0.310 e. The van der Waals surface area contributed by atoms with E-state index in [1.54, 1.807) is 12.1 Å². The molecule has 5 heteroatoms. The second kappa shape index (κ2) is 12.7. The number of rotatable bonds is 8. The summed E-state index contributed by atoms with van der Waals surface area (Å²) in [6.45, 7) is 14.4. The van der Waals surface area contributed by atoms with Crippen LogP contribution in [0.3, 0.4) is 0 Å². The number of anilines is 3. The molecule has 0 aliphatic carbocycles. The molecule has 0 saturated carbocycles. The first-order valence-corrected chi connectivity index (χ1v) is 25.0. The Morgan fingerprint density at radius 3 is 1.47 bits per heavy atom. The zero-order chi connectivity index (χ0) is 35.5. The van der Waals surface area contributed by atoms with Gasteiger partial charge in [-0.15, -0.1) is 0 Å². The van der Waals surface area contributed by atoms with Crippen molar-refractivity contribution in [2.75, 3.05) is 4.90 Å². The van der Waals surface area contributed by atoms with Gasteiger partial charge in [-0.25, -0.2) is 4.39 Å². The van der Waals surface area contributed by atoms with Gasteiger partial charge in [0.15, 0.2) is 0 Å². The molecule has 0 aliphatic rings. The van der Waals surface area contributed by atoms with Crippen molar-refractivity contribution in [3.05, 3.63) is 157 Å². The van der Waals surface area contributed by atoms with Crippen LogP contribution in [-0.2, 0) is 0 Å². The molecule has 250 valence electrons. The van der Waals surface area contributed by atoms with Crippen LogP contribution in [0.4, 0.5) is 21.5 Å². The van der Waals surface area contributed by atoms with Crippen LogP contribution in [0.15, 0.2) is 152 Å². The summed E-state index contributed by atoms with van der Waals surface area (Å²) in [6.07, 6.45) is 0.